The molecule has 7 heteroatoms. The van der Waals surface area contributed by atoms with E-state index in [0.29, 0.717) is 18.9 Å². The predicted octanol–water partition coefficient (Wildman–Crippen LogP) is 5.39. The van der Waals surface area contributed by atoms with Crippen molar-refractivity contribution in [2.75, 3.05) is 0 Å². The molecule has 34 heavy (non-hydrogen) atoms. The van der Waals surface area contributed by atoms with Crippen LogP contribution in [0, 0.1) is 11.6 Å². The van der Waals surface area contributed by atoms with Crippen LogP contribution in [-0.2, 0) is 16.1 Å². The minimum Gasteiger partial charge on any atom is -0.458 e. The van der Waals surface area contributed by atoms with Crippen LogP contribution in [0.25, 0.3) is 22.5 Å². The number of rotatable bonds is 6. The van der Waals surface area contributed by atoms with E-state index < -0.39 is 18.2 Å². The fourth-order valence-electron chi connectivity index (χ4n) is 4.59. The second-order valence-corrected chi connectivity index (χ2v) is 8.97. The Morgan fingerprint density at radius 2 is 1.68 bits per heavy atom. The van der Waals surface area contributed by atoms with Gasteiger partial charge in [-0.25, -0.2) is 13.8 Å². The lowest BCUT2D eigenvalue weighted by molar-refractivity contribution is -0.156. The summed E-state index contributed by atoms with van der Waals surface area (Å²) >= 11 is 0. The van der Waals surface area contributed by atoms with Gasteiger partial charge in [-0.1, -0.05) is 12.5 Å². The second-order valence-electron chi connectivity index (χ2n) is 8.97. The Morgan fingerprint density at radius 3 is 2.26 bits per heavy atom. The summed E-state index contributed by atoms with van der Waals surface area (Å²) in [7, 11) is 0. The van der Waals surface area contributed by atoms with Gasteiger partial charge in [0.25, 0.3) is 0 Å². The molecule has 3 aromatic rings. The number of aliphatic hydroxyl groups excluding tert-OH is 1. The third-order valence-corrected chi connectivity index (χ3v) is 6.53. The van der Waals surface area contributed by atoms with E-state index in [-0.39, 0.29) is 18.1 Å². The van der Waals surface area contributed by atoms with E-state index in [9.17, 15) is 18.7 Å². The summed E-state index contributed by atoms with van der Waals surface area (Å²) in [6.45, 7) is 0.469. The average Bonchev–Trinajstić information content (AvgIpc) is 3.12. The van der Waals surface area contributed by atoms with E-state index in [1.54, 1.807) is 30.3 Å². The molecule has 1 aromatic heterocycles. The summed E-state index contributed by atoms with van der Waals surface area (Å²) in [4.78, 5) is 16.7. The largest absolute Gasteiger partial charge is 0.458 e. The molecule has 2 fully saturated rings. The maximum absolute atomic E-state index is 13.7. The van der Waals surface area contributed by atoms with Gasteiger partial charge in [-0.3, -0.25) is 4.79 Å². The number of hydrogen-bond donors (Lipinski definition) is 1. The fraction of sp³-hybridized carbons (Fsp3) is 0.333. The molecule has 2 unspecified atom stereocenters. The number of ether oxygens (including phenoxy) is 1. The van der Waals surface area contributed by atoms with Gasteiger partial charge in [-0.15, -0.1) is 0 Å². The Labute approximate surface area is 196 Å². The number of benzene rings is 2. The van der Waals surface area contributed by atoms with E-state index in [0.717, 1.165) is 47.6 Å². The van der Waals surface area contributed by atoms with Gasteiger partial charge in [0.2, 0.25) is 0 Å². The second kappa shape index (κ2) is 9.50. The van der Waals surface area contributed by atoms with Crippen molar-refractivity contribution in [3.05, 3.63) is 78.1 Å². The van der Waals surface area contributed by atoms with Gasteiger partial charge in [0.15, 0.2) is 0 Å². The molecule has 2 atom stereocenters. The van der Waals surface area contributed by atoms with Crippen LogP contribution in [0.3, 0.4) is 0 Å². The Hall–Kier alpha value is -3.32. The number of allylic oxidation sites excluding steroid dienone is 1. The van der Waals surface area contributed by atoms with Crippen molar-refractivity contribution in [2.45, 2.75) is 56.8 Å². The molecule has 1 saturated carbocycles. The first-order valence-electron chi connectivity index (χ1n) is 11.6. The van der Waals surface area contributed by atoms with Gasteiger partial charge in [0, 0.05) is 30.0 Å². The Kier molecular flexibility index (Phi) is 6.28. The van der Waals surface area contributed by atoms with Gasteiger partial charge in [-0.2, -0.15) is 0 Å². The Bertz CT molecular complexity index is 1200. The molecule has 1 N–H and O–H groups in total. The maximum Gasteiger partial charge on any atom is 0.309 e. The molecule has 5 nitrogen and oxygen atoms in total. The molecule has 1 saturated heterocycles. The van der Waals surface area contributed by atoms with Crippen molar-refractivity contribution >= 4 is 5.97 Å². The van der Waals surface area contributed by atoms with Crippen molar-refractivity contribution in [2.24, 2.45) is 0 Å². The smallest absolute Gasteiger partial charge is 0.309 e. The molecule has 2 heterocycles. The molecular weight excluding hydrogens is 438 g/mol. The van der Waals surface area contributed by atoms with Crippen LogP contribution >= 0.6 is 0 Å². The number of imidazole rings is 1. The van der Waals surface area contributed by atoms with E-state index in [1.807, 2.05) is 6.08 Å². The number of esters is 1. The average molecular weight is 465 g/mol. The summed E-state index contributed by atoms with van der Waals surface area (Å²) < 4.78 is 34.8. The number of nitrogens with zero attached hydrogens (tertiary/aromatic N) is 2. The molecule has 2 aromatic carbocycles. The van der Waals surface area contributed by atoms with Gasteiger partial charge < -0.3 is 14.4 Å². The summed E-state index contributed by atoms with van der Waals surface area (Å²) in [5.41, 5.74) is 3.15. The Balaban J connectivity index is 1.56. The van der Waals surface area contributed by atoms with Gasteiger partial charge >= 0.3 is 5.97 Å². The summed E-state index contributed by atoms with van der Waals surface area (Å²) in [6, 6.07) is 12.5. The van der Waals surface area contributed by atoms with Crippen LogP contribution in [-0.4, -0.2) is 32.8 Å². The SMILES string of the molecule is O=C1CC(O)CC(C=CCn2c(C3CCC3)nc(-c3ccc(F)cc3)c2-c2ccc(F)cc2)O1. The van der Waals surface area contributed by atoms with E-state index in [1.165, 1.54) is 24.3 Å². The van der Waals surface area contributed by atoms with Gasteiger partial charge in [0.1, 0.15) is 23.6 Å². The van der Waals surface area contributed by atoms with Crippen LogP contribution < -0.4 is 0 Å². The van der Waals surface area contributed by atoms with Gasteiger partial charge in [-0.05, 0) is 67.4 Å². The number of carbonyl (C=O) groups excluding carboxylic acids is 1. The van der Waals surface area contributed by atoms with Crippen LogP contribution in [0.5, 0.6) is 0 Å². The van der Waals surface area contributed by atoms with Gasteiger partial charge in [0.05, 0.1) is 23.9 Å². The monoisotopic (exact) mass is 464 g/mol. The fourth-order valence-corrected chi connectivity index (χ4v) is 4.59. The zero-order valence-electron chi connectivity index (χ0n) is 18.7. The normalized spacial score (nSPS) is 21.0. The molecule has 1 aliphatic carbocycles. The third kappa shape index (κ3) is 4.66. The quantitative estimate of drug-likeness (QED) is 0.393. The molecule has 176 valence electrons. The maximum atomic E-state index is 13.7. The summed E-state index contributed by atoms with van der Waals surface area (Å²) in [5, 5.41) is 9.88. The first-order chi connectivity index (χ1) is 16.5. The standard InChI is InChI=1S/C27H26F2N2O3/c28-20-10-6-17(7-11-20)25-26(18-8-12-21(29)13-9-18)31(27(30-25)19-3-1-4-19)14-2-5-23-15-22(32)16-24(33)34-23/h2,5-13,19,22-23,32H,1,3-4,14-16H2. The van der Waals surface area contributed by atoms with Crippen LogP contribution in [0.2, 0.25) is 0 Å². The molecule has 0 amide bonds. The van der Waals surface area contributed by atoms with Crippen LogP contribution in [0.1, 0.15) is 43.8 Å². The first-order valence-corrected chi connectivity index (χ1v) is 11.6. The first kappa shape index (κ1) is 22.5. The van der Waals surface area contributed by atoms with Crippen molar-refractivity contribution in [1.29, 1.82) is 0 Å². The zero-order valence-corrected chi connectivity index (χ0v) is 18.7. The number of aromatic nitrogens is 2. The molecular formula is C27H26F2N2O3. The van der Waals surface area contributed by atoms with Crippen molar-refractivity contribution < 1.29 is 23.4 Å². The topological polar surface area (TPSA) is 64.3 Å². The van der Waals surface area contributed by atoms with Crippen molar-refractivity contribution in [3.8, 4) is 22.5 Å². The molecule has 2 aliphatic rings. The van der Waals surface area contributed by atoms with E-state index >= 15 is 0 Å². The lowest BCUT2D eigenvalue weighted by atomic mass is 9.85. The molecule has 0 radical (unpaired) electrons. The molecule has 1 aliphatic heterocycles. The highest BCUT2D eigenvalue weighted by Gasteiger charge is 2.29. The Morgan fingerprint density at radius 1 is 1.03 bits per heavy atom. The number of halogens is 2. The number of aliphatic hydroxyl groups is 1. The highest BCUT2D eigenvalue weighted by atomic mass is 19.1. The molecule has 0 spiro atoms. The lowest BCUT2D eigenvalue weighted by Gasteiger charge is -2.26. The van der Waals surface area contributed by atoms with Crippen molar-refractivity contribution in [3.63, 3.8) is 0 Å². The molecule has 5 rings (SSSR count). The van der Waals surface area contributed by atoms with Crippen LogP contribution in [0.15, 0.2) is 60.7 Å². The highest BCUT2D eigenvalue weighted by molar-refractivity contribution is 5.79. The number of cyclic esters (lactones) is 1. The van der Waals surface area contributed by atoms with E-state index in [2.05, 4.69) is 4.57 Å². The minimum absolute atomic E-state index is 0.0213. The highest BCUT2D eigenvalue weighted by Crippen LogP contribution is 2.41. The summed E-state index contributed by atoms with van der Waals surface area (Å²) in [6.07, 6.45) is 6.16. The minimum atomic E-state index is -0.700. The zero-order chi connectivity index (χ0) is 23.7. The van der Waals surface area contributed by atoms with Crippen molar-refractivity contribution in [1.82, 2.24) is 9.55 Å². The number of hydrogen-bond acceptors (Lipinski definition) is 4. The third-order valence-electron chi connectivity index (χ3n) is 6.53. The molecule has 0 bridgehead atoms. The lowest BCUT2D eigenvalue weighted by Crippen LogP contribution is -2.31. The summed E-state index contributed by atoms with van der Waals surface area (Å²) in [5.74, 6) is 0.205. The predicted molar refractivity (Wildman–Crippen MR) is 124 cm³/mol. The number of carbonyl (C=O) groups is 1. The van der Waals surface area contributed by atoms with Crippen LogP contribution in [0.4, 0.5) is 8.78 Å². The van der Waals surface area contributed by atoms with E-state index in [4.69, 9.17) is 9.72 Å².